The van der Waals surface area contributed by atoms with E-state index in [-0.39, 0.29) is 17.4 Å². The molecule has 1 atom stereocenters. The van der Waals surface area contributed by atoms with E-state index in [9.17, 15) is 13.5 Å². The van der Waals surface area contributed by atoms with E-state index >= 15 is 0 Å². The summed E-state index contributed by atoms with van der Waals surface area (Å²) in [5.41, 5.74) is 0. The highest BCUT2D eigenvalue weighted by Crippen LogP contribution is 2.32. The molecule has 1 fully saturated rings. The molecule has 0 bridgehead atoms. The summed E-state index contributed by atoms with van der Waals surface area (Å²) >= 11 is 8.98. The highest BCUT2D eigenvalue weighted by Gasteiger charge is 2.30. The topological polar surface area (TPSA) is 66.4 Å². The minimum Gasteiger partial charge on any atom is -0.391 e. The van der Waals surface area contributed by atoms with Gasteiger partial charge in [0.1, 0.15) is 0 Å². The molecule has 1 unspecified atom stereocenters. The Bertz CT molecular complexity index is 545. The summed E-state index contributed by atoms with van der Waals surface area (Å²) in [4.78, 5) is 0.127. The number of hydrogen-bond donors (Lipinski definition) is 2. The van der Waals surface area contributed by atoms with Crippen molar-refractivity contribution in [2.45, 2.75) is 23.8 Å². The number of halogens is 2. The Balaban J connectivity index is 2.07. The molecule has 0 spiro atoms. The summed E-state index contributed by atoms with van der Waals surface area (Å²) in [6.45, 7) is 0.0489. The standard InChI is InChI=1S/C11H13BrClNO3S/c12-9-5-8(3-4-10(9)13)18(16,17)14-6-11(15)7-1-2-7/h3-5,7,11,14-15H,1-2,6H2. The number of sulfonamides is 1. The minimum absolute atomic E-state index is 0.0489. The molecule has 2 rings (SSSR count). The second kappa shape index (κ2) is 5.46. The average molecular weight is 355 g/mol. The molecule has 0 aromatic heterocycles. The molecule has 1 aromatic carbocycles. The van der Waals surface area contributed by atoms with E-state index in [1.807, 2.05) is 0 Å². The Labute approximate surface area is 120 Å². The summed E-state index contributed by atoms with van der Waals surface area (Å²) in [6.07, 6.45) is 1.33. The third-order valence-electron chi connectivity index (χ3n) is 2.85. The number of nitrogens with one attached hydrogen (secondary N) is 1. The van der Waals surface area contributed by atoms with Crippen LogP contribution in [0.3, 0.4) is 0 Å². The highest BCUT2D eigenvalue weighted by molar-refractivity contribution is 9.10. The van der Waals surface area contributed by atoms with Gasteiger partial charge in [0.15, 0.2) is 0 Å². The van der Waals surface area contributed by atoms with Gasteiger partial charge < -0.3 is 5.11 Å². The smallest absolute Gasteiger partial charge is 0.240 e. The quantitative estimate of drug-likeness (QED) is 0.851. The van der Waals surface area contributed by atoms with Crippen molar-refractivity contribution in [3.63, 3.8) is 0 Å². The van der Waals surface area contributed by atoms with E-state index in [2.05, 4.69) is 20.7 Å². The first-order chi connectivity index (χ1) is 8.40. The van der Waals surface area contributed by atoms with Gasteiger partial charge in [-0.25, -0.2) is 13.1 Å². The number of hydrogen-bond acceptors (Lipinski definition) is 3. The molecule has 0 radical (unpaired) electrons. The Kier molecular flexibility index (Phi) is 4.33. The molecule has 2 N–H and O–H groups in total. The summed E-state index contributed by atoms with van der Waals surface area (Å²) in [5.74, 6) is 0.240. The van der Waals surface area contributed by atoms with Crippen LogP contribution in [0.1, 0.15) is 12.8 Å². The molecule has 1 aromatic rings. The lowest BCUT2D eigenvalue weighted by Crippen LogP contribution is -2.33. The van der Waals surface area contributed by atoms with Crippen LogP contribution >= 0.6 is 27.5 Å². The Morgan fingerprint density at radius 1 is 1.50 bits per heavy atom. The lowest BCUT2D eigenvalue weighted by Gasteiger charge is -2.11. The lowest BCUT2D eigenvalue weighted by atomic mass is 10.2. The van der Waals surface area contributed by atoms with Crippen LogP contribution in [-0.4, -0.2) is 26.2 Å². The predicted octanol–water partition coefficient (Wildman–Crippen LogP) is 2.15. The summed E-state index contributed by atoms with van der Waals surface area (Å²) in [5, 5.41) is 10.1. The van der Waals surface area contributed by atoms with Crippen LogP contribution in [0.5, 0.6) is 0 Å². The fraction of sp³-hybridized carbons (Fsp3) is 0.455. The summed E-state index contributed by atoms with van der Waals surface area (Å²) in [6, 6.07) is 4.38. The first kappa shape index (κ1) is 14.3. The van der Waals surface area contributed by atoms with E-state index in [1.54, 1.807) is 0 Å². The van der Waals surface area contributed by atoms with Crippen molar-refractivity contribution in [3.05, 3.63) is 27.7 Å². The largest absolute Gasteiger partial charge is 0.391 e. The third-order valence-corrected chi connectivity index (χ3v) is 5.49. The van der Waals surface area contributed by atoms with Crippen molar-refractivity contribution in [1.82, 2.24) is 4.72 Å². The first-order valence-electron chi connectivity index (χ1n) is 5.53. The average Bonchev–Trinajstić information content (AvgIpc) is 3.13. The molecule has 0 heterocycles. The highest BCUT2D eigenvalue weighted by atomic mass is 79.9. The van der Waals surface area contributed by atoms with Gasteiger partial charge >= 0.3 is 0 Å². The molecule has 1 aliphatic rings. The Hall–Kier alpha value is -0.140. The van der Waals surface area contributed by atoms with Gasteiger partial charge in [-0.05, 0) is 52.9 Å². The number of aliphatic hydroxyl groups is 1. The fourth-order valence-electron chi connectivity index (χ4n) is 1.57. The monoisotopic (exact) mass is 353 g/mol. The van der Waals surface area contributed by atoms with Gasteiger partial charge in [-0.3, -0.25) is 0 Å². The molecule has 0 amide bonds. The van der Waals surface area contributed by atoms with Gasteiger partial charge in [-0.1, -0.05) is 11.6 Å². The molecule has 4 nitrogen and oxygen atoms in total. The van der Waals surface area contributed by atoms with E-state index in [1.165, 1.54) is 18.2 Å². The van der Waals surface area contributed by atoms with E-state index in [0.717, 1.165) is 12.8 Å². The van der Waals surface area contributed by atoms with Gasteiger partial charge in [0.05, 0.1) is 16.0 Å². The molecule has 1 aliphatic carbocycles. The first-order valence-corrected chi connectivity index (χ1v) is 8.18. The van der Waals surface area contributed by atoms with Crippen molar-refractivity contribution in [3.8, 4) is 0 Å². The van der Waals surface area contributed by atoms with Gasteiger partial charge in [-0.2, -0.15) is 0 Å². The van der Waals surface area contributed by atoms with Crippen molar-refractivity contribution in [2.75, 3.05) is 6.54 Å². The maximum absolute atomic E-state index is 12.0. The van der Waals surface area contributed by atoms with Crippen LogP contribution in [0.25, 0.3) is 0 Å². The maximum Gasteiger partial charge on any atom is 0.240 e. The molecule has 1 saturated carbocycles. The van der Waals surface area contributed by atoms with Gasteiger partial charge in [0.2, 0.25) is 10.0 Å². The van der Waals surface area contributed by atoms with Gasteiger partial charge in [0, 0.05) is 11.0 Å². The summed E-state index contributed by atoms with van der Waals surface area (Å²) < 4.78 is 26.8. The predicted molar refractivity (Wildman–Crippen MR) is 73.1 cm³/mol. The number of aliphatic hydroxyl groups excluding tert-OH is 1. The van der Waals surface area contributed by atoms with E-state index in [4.69, 9.17) is 11.6 Å². The van der Waals surface area contributed by atoms with Crippen molar-refractivity contribution in [2.24, 2.45) is 5.92 Å². The zero-order valence-corrected chi connectivity index (χ0v) is 12.6. The SMILES string of the molecule is O=S(=O)(NCC(O)C1CC1)c1ccc(Cl)c(Br)c1. The number of benzene rings is 1. The molecule has 7 heteroatoms. The Morgan fingerprint density at radius 2 is 2.17 bits per heavy atom. The lowest BCUT2D eigenvalue weighted by molar-refractivity contribution is 0.155. The van der Waals surface area contributed by atoms with Crippen LogP contribution in [0.15, 0.2) is 27.6 Å². The molecule has 18 heavy (non-hydrogen) atoms. The Morgan fingerprint density at radius 3 is 2.72 bits per heavy atom. The van der Waals surface area contributed by atoms with Crippen LogP contribution in [0, 0.1) is 5.92 Å². The zero-order valence-electron chi connectivity index (χ0n) is 9.44. The van der Waals surface area contributed by atoms with Gasteiger partial charge in [0.25, 0.3) is 0 Å². The molecule has 0 aliphatic heterocycles. The van der Waals surface area contributed by atoms with Crippen LogP contribution < -0.4 is 4.72 Å². The van der Waals surface area contributed by atoms with Crippen LogP contribution in [0.4, 0.5) is 0 Å². The molecular formula is C11H13BrClNO3S. The zero-order chi connectivity index (χ0) is 13.3. The number of rotatable bonds is 5. The third kappa shape index (κ3) is 3.45. The van der Waals surface area contributed by atoms with Crippen molar-refractivity contribution < 1.29 is 13.5 Å². The minimum atomic E-state index is -3.60. The van der Waals surface area contributed by atoms with Crippen LogP contribution in [0.2, 0.25) is 5.02 Å². The van der Waals surface area contributed by atoms with Crippen molar-refractivity contribution >= 4 is 37.6 Å². The maximum atomic E-state index is 12.0. The molecule has 0 saturated heterocycles. The molecular weight excluding hydrogens is 342 g/mol. The second-order valence-electron chi connectivity index (χ2n) is 4.33. The fourth-order valence-corrected chi connectivity index (χ4v) is 3.30. The van der Waals surface area contributed by atoms with Gasteiger partial charge in [-0.15, -0.1) is 0 Å². The van der Waals surface area contributed by atoms with Crippen LogP contribution in [-0.2, 0) is 10.0 Å². The second-order valence-corrected chi connectivity index (χ2v) is 7.36. The van der Waals surface area contributed by atoms with E-state index in [0.29, 0.717) is 9.50 Å². The van der Waals surface area contributed by atoms with E-state index < -0.39 is 16.1 Å². The summed E-state index contributed by atoms with van der Waals surface area (Å²) in [7, 11) is -3.60. The normalized spacial score (nSPS) is 17.7. The van der Waals surface area contributed by atoms with Crippen molar-refractivity contribution in [1.29, 1.82) is 0 Å². The molecule has 100 valence electrons.